The predicted octanol–water partition coefficient (Wildman–Crippen LogP) is 2.36. The van der Waals surface area contributed by atoms with Crippen molar-refractivity contribution in [2.24, 2.45) is 5.73 Å². The fraction of sp³-hybridized carbons (Fsp3) is 0.222. The van der Waals surface area contributed by atoms with Gasteiger partial charge in [0.15, 0.2) is 11.5 Å². The first-order valence-corrected chi connectivity index (χ1v) is 8.40. The van der Waals surface area contributed by atoms with E-state index in [1.54, 1.807) is 6.07 Å². The van der Waals surface area contributed by atoms with Crippen LogP contribution in [0.15, 0.2) is 30.6 Å². The van der Waals surface area contributed by atoms with E-state index in [-0.39, 0.29) is 5.69 Å². The molecule has 0 fully saturated rings. The van der Waals surface area contributed by atoms with Gasteiger partial charge in [0.1, 0.15) is 29.2 Å². The molecule has 3 aromatic rings. The van der Waals surface area contributed by atoms with Crippen molar-refractivity contribution >= 4 is 11.6 Å². The summed E-state index contributed by atoms with van der Waals surface area (Å²) in [6.07, 6.45) is 3.40. The van der Waals surface area contributed by atoms with Crippen LogP contribution >= 0.6 is 0 Å². The summed E-state index contributed by atoms with van der Waals surface area (Å²) in [4.78, 5) is 8.01. The Morgan fingerprint density at radius 2 is 2.04 bits per heavy atom. The summed E-state index contributed by atoms with van der Waals surface area (Å²) in [5, 5.41) is 18.8. The molecule has 3 rings (SSSR count). The van der Waals surface area contributed by atoms with Crippen molar-refractivity contribution in [1.29, 1.82) is 5.26 Å². The van der Waals surface area contributed by atoms with E-state index < -0.39 is 5.82 Å². The monoisotopic (exact) mass is 383 g/mol. The number of rotatable bonds is 8. The first-order chi connectivity index (χ1) is 13.6. The summed E-state index contributed by atoms with van der Waals surface area (Å²) in [6, 6.07) is 6.15. The molecule has 0 spiro atoms. The van der Waals surface area contributed by atoms with Crippen molar-refractivity contribution in [3.05, 3.63) is 42.1 Å². The SMILES string of the molecule is COc1cc(F)cc(OCCCN)c1-c1cc(Nc2cnc(C#N)cn2)n[nH]1. The van der Waals surface area contributed by atoms with Gasteiger partial charge in [0.2, 0.25) is 0 Å². The highest BCUT2D eigenvalue weighted by atomic mass is 19.1. The van der Waals surface area contributed by atoms with Crippen LogP contribution in [0.5, 0.6) is 11.5 Å². The second kappa shape index (κ2) is 8.79. The molecule has 0 saturated carbocycles. The molecule has 0 amide bonds. The van der Waals surface area contributed by atoms with Crippen LogP contribution in [0.3, 0.4) is 0 Å². The Morgan fingerprint density at radius 3 is 2.71 bits per heavy atom. The lowest BCUT2D eigenvalue weighted by Gasteiger charge is -2.14. The highest BCUT2D eigenvalue weighted by molar-refractivity contribution is 5.76. The van der Waals surface area contributed by atoms with Crippen molar-refractivity contribution < 1.29 is 13.9 Å². The Labute approximate surface area is 160 Å². The van der Waals surface area contributed by atoms with E-state index in [0.29, 0.717) is 54.0 Å². The van der Waals surface area contributed by atoms with Gasteiger partial charge in [-0.25, -0.2) is 14.4 Å². The Bertz CT molecular complexity index is 983. The number of nitriles is 1. The number of aromatic amines is 1. The molecular formula is C18H18FN7O2. The van der Waals surface area contributed by atoms with E-state index in [1.807, 2.05) is 6.07 Å². The topological polar surface area (TPSA) is 135 Å². The number of nitrogens with two attached hydrogens (primary N) is 1. The lowest BCUT2D eigenvalue weighted by molar-refractivity contribution is 0.310. The molecule has 0 aliphatic rings. The molecule has 0 bridgehead atoms. The summed E-state index contributed by atoms with van der Waals surface area (Å²) in [6.45, 7) is 0.807. The van der Waals surface area contributed by atoms with E-state index in [0.717, 1.165) is 0 Å². The molecule has 0 aliphatic carbocycles. The predicted molar refractivity (Wildman–Crippen MR) is 99.7 cm³/mol. The molecular weight excluding hydrogens is 365 g/mol. The number of methoxy groups -OCH3 is 1. The third-order valence-corrected chi connectivity index (χ3v) is 3.73. The maximum atomic E-state index is 13.9. The van der Waals surface area contributed by atoms with Gasteiger partial charge in [-0.1, -0.05) is 0 Å². The molecule has 2 aromatic heterocycles. The van der Waals surface area contributed by atoms with Crippen LogP contribution in [0.4, 0.5) is 16.0 Å². The summed E-state index contributed by atoms with van der Waals surface area (Å²) < 4.78 is 24.9. The van der Waals surface area contributed by atoms with E-state index in [4.69, 9.17) is 20.5 Å². The molecule has 144 valence electrons. The summed E-state index contributed by atoms with van der Waals surface area (Å²) in [5.41, 5.74) is 6.80. The fourth-order valence-electron chi connectivity index (χ4n) is 2.46. The third-order valence-electron chi connectivity index (χ3n) is 3.73. The largest absolute Gasteiger partial charge is 0.496 e. The molecule has 0 atom stereocenters. The molecule has 0 aliphatic heterocycles. The number of benzene rings is 1. The molecule has 1 aromatic carbocycles. The van der Waals surface area contributed by atoms with E-state index in [2.05, 4.69) is 25.5 Å². The van der Waals surface area contributed by atoms with Crippen LogP contribution in [-0.2, 0) is 0 Å². The second-order valence-electron chi connectivity index (χ2n) is 5.66. The van der Waals surface area contributed by atoms with Crippen LogP contribution < -0.4 is 20.5 Å². The van der Waals surface area contributed by atoms with Crippen LogP contribution in [0.25, 0.3) is 11.3 Å². The smallest absolute Gasteiger partial charge is 0.158 e. The Hall–Kier alpha value is -3.71. The number of anilines is 2. The number of ether oxygens (including phenoxy) is 2. The molecule has 0 unspecified atom stereocenters. The van der Waals surface area contributed by atoms with Gasteiger partial charge in [-0.15, -0.1) is 0 Å². The normalized spacial score (nSPS) is 10.4. The van der Waals surface area contributed by atoms with Crippen molar-refractivity contribution in [1.82, 2.24) is 20.2 Å². The maximum absolute atomic E-state index is 13.9. The zero-order valence-electron chi connectivity index (χ0n) is 15.1. The van der Waals surface area contributed by atoms with Crippen molar-refractivity contribution in [2.45, 2.75) is 6.42 Å². The van der Waals surface area contributed by atoms with E-state index in [9.17, 15) is 4.39 Å². The highest BCUT2D eigenvalue weighted by Gasteiger charge is 2.18. The molecule has 0 saturated heterocycles. The van der Waals surface area contributed by atoms with Crippen LogP contribution in [0, 0.1) is 17.1 Å². The summed E-state index contributed by atoms with van der Waals surface area (Å²) in [7, 11) is 1.45. The fourth-order valence-corrected chi connectivity index (χ4v) is 2.46. The zero-order valence-corrected chi connectivity index (χ0v) is 15.1. The summed E-state index contributed by atoms with van der Waals surface area (Å²) in [5.74, 6) is 1.01. The summed E-state index contributed by atoms with van der Waals surface area (Å²) >= 11 is 0. The first kappa shape index (κ1) is 19.1. The van der Waals surface area contributed by atoms with Gasteiger partial charge in [-0.3, -0.25) is 5.10 Å². The van der Waals surface area contributed by atoms with Crippen molar-refractivity contribution in [3.8, 4) is 28.8 Å². The zero-order chi connectivity index (χ0) is 19.9. The van der Waals surface area contributed by atoms with Gasteiger partial charge in [0.05, 0.1) is 37.4 Å². The average molecular weight is 383 g/mol. The lowest BCUT2D eigenvalue weighted by atomic mass is 10.1. The highest BCUT2D eigenvalue weighted by Crippen LogP contribution is 2.39. The maximum Gasteiger partial charge on any atom is 0.158 e. The van der Waals surface area contributed by atoms with Crippen molar-refractivity contribution in [3.63, 3.8) is 0 Å². The molecule has 28 heavy (non-hydrogen) atoms. The average Bonchev–Trinajstić information content (AvgIpc) is 3.16. The van der Waals surface area contributed by atoms with Gasteiger partial charge >= 0.3 is 0 Å². The van der Waals surface area contributed by atoms with Crippen LogP contribution in [0.2, 0.25) is 0 Å². The minimum atomic E-state index is -0.478. The molecule has 2 heterocycles. The number of hydrogen-bond acceptors (Lipinski definition) is 8. The van der Waals surface area contributed by atoms with Gasteiger partial charge in [0, 0.05) is 18.2 Å². The van der Waals surface area contributed by atoms with Gasteiger partial charge < -0.3 is 20.5 Å². The lowest BCUT2D eigenvalue weighted by Crippen LogP contribution is -2.07. The Balaban J connectivity index is 1.89. The van der Waals surface area contributed by atoms with E-state index in [1.165, 1.54) is 31.6 Å². The second-order valence-corrected chi connectivity index (χ2v) is 5.66. The van der Waals surface area contributed by atoms with Crippen molar-refractivity contribution in [2.75, 3.05) is 25.6 Å². The number of aromatic nitrogens is 4. The molecule has 4 N–H and O–H groups in total. The van der Waals surface area contributed by atoms with E-state index >= 15 is 0 Å². The number of halogens is 1. The Morgan fingerprint density at radius 1 is 1.21 bits per heavy atom. The quantitative estimate of drug-likeness (QED) is 0.505. The molecule has 10 heteroatoms. The number of nitrogens with one attached hydrogen (secondary N) is 2. The molecule has 9 nitrogen and oxygen atoms in total. The number of H-pyrrole nitrogens is 1. The van der Waals surface area contributed by atoms with Crippen LogP contribution in [0.1, 0.15) is 12.1 Å². The standard InChI is InChI=1S/C18H18FN7O2/c1-27-14-5-11(19)6-15(28-4-2-3-20)18(14)13-7-16(26-25-13)24-17-10-22-12(8-21)9-23-17/h5-7,9-10H,2-4,20H2,1H3,(H2,23,24,25,26). The molecule has 0 radical (unpaired) electrons. The Kier molecular flexibility index (Phi) is 5.98. The van der Waals surface area contributed by atoms with Crippen LogP contribution in [-0.4, -0.2) is 40.4 Å². The van der Waals surface area contributed by atoms with Gasteiger partial charge in [-0.05, 0) is 13.0 Å². The van der Waals surface area contributed by atoms with Gasteiger partial charge in [0.25, 0.3) is 0 Å². The minimum Gasteiger partial charge on any atom is -0.496 e. The first-order valence-electron chi connectivity index (χ1n) is 8.40. The minimum absolute atomic E-state index is 0.212. The third kappa shape index (κ3) is 4.33. The van der Waals surface area contributed by atoms with Gasteiger partial charge in [-0.2, -0.15) is 10.4 Å². The number of nitrogens with zero attached hydrogens (tertiary/aromatic N) is 4. The number of hydrogen-bond donors (Lipinski definition) is 3.